The molecule has 2 aromatic carbocycles. The maximum Gasteiger partial charge on any atom is 0.338 e. The fourth-order valence-corrected chi connectivity index (χ4v) is 3.23. The van der Waals surface area contributed by atoms with E-state index in [1.807, 2.05) is 0 Å². The fraction of sp³-hybridized carbons (Fsp3) is 0.133. The molecular weight excluding hydrogens is 296 g/mol. The van der Waals surface area contributed by atoms with Gasteiger partial charge in [0.2, 0.25) is 0 Å². The van der Waals surface area contributed by atoms with Crippen LogP contribution in [0.5, 0.6) is 0 Å². The molecule has 20 heavy (non-hydrogen) atoms. The second-order valence-electron chi connectivity index (χ2n) is 4.10. The van der Waals surface area contributed by atoms with Gasteiger partial charge in [0.05, 0.1) is 29.2 Å². The number of ether oxygens (including phenoxy) is 1. The van der Waals surface area contributed by atoms with E-state index in [1.165, 1.54) is 7.11 Å². The van der Waals surface area contributed by atoms with Gasteiger partial charge in [0.25, 0.3) is 0 Å². The quantitative estimate of drug-likeness (QED) is 0.813. The Morgan fingerprint density at radius 1 is 1.20 bits per heavy atom. The summed E-state index contributed by atoms with van der Waals surface area (Å²) in [6, 6.07) is 13.9. The van der Waals surface area contributed by atoms with Crippen LogP contribution in [0.1, 0.15) is 15.9 Å². The highest BCUT2D eigenvalue weighted by Crippen LogP contribution is 2.19. The van der Waals surface area contributed by atoms with Crippen LogP contribution < -0.4 is 0 Å². The van der Waals surface area contributed by atoms with E-state index in [0.29, 0.717) is 21.0 Å². The van der Waals surface area contributed by atoms with Crippen LogP contribution in [0.4, 0.5) is 0 Å². The maximum atomic E-state index is 12.3. The van der Waals surface area contributed by atoms with Gasteiger partial charge >= 0.3 is 5.97 Å². The number of hydrogen-bond acceptors (Lipinski definition) is 3. The molecule has 0 aliphatic heterocycles. The Kier molecular flexibility index (Phi) is 4.93. The predicted molar refractivity (Wildman–Crippen MR) is 79.3 cm³/mol. The molecule has 0 heterocycles. The lowest BCUT2D eigenvalue weighted by Gasteiger charge is -2.08. The number of carbonyl (C=O) groups is 1. The summed E-state index contributed by atoms with van der Waals surface area (Å²) in [6.45, 7) is 0. The SMILES string of the molecule is COC(=O)c1ccccc1CS(=O)c1cccc(Cl)c1. The van der Waals surface area contributed by atoms with Gasteiger partial charge in [0.1, 0.15) is 0 Å². The molecule has 5 heteroatoms. The van der Waals surface area contributed by atoms with Crippen LogP contribution in [0, 0.1) is 0 Å². The summed E-state index contributed by atoms with van der Waals surface area (Å²) in [5.41, 5.74) is 1.13. The maximum absolute atomic E-state index is 12.3. The molecule has 104 valence electrons. The minimum Gasteiger partial charge on any atom is -0.465 e. The number of esters is 1. The van der Waals surface area contributed by atoms with E-state index < -0.39 is 16.8 Å². The van der Waals surface area contributed by atoms with E-state index in [-0.39, 0.29) is 5.75 Å². The van der Waals surface area contributed by atoms with E-state index in [1.54, 1.807) is 48.5 Å². The number of hydrogen-bond donors (Lipinski definition) is 0. The van der Waals surface area contributed by atoms with E-state index in [0.717, 1.165) is 0 Å². The van der Waals surface area contributed by atoms with E-state index >= 15 is 0 Å². The molecular formula is C15H13ClO3S. The largest absolute Gasteiger partial charge is 0.465 e. The van der Waals surface area contributed by atoms with Crippen LogP contribution in [0.25, 0.3) is 0 Å². The molecule has 3 nitrogen and oxygen atoms in total. The molecule has 0 fully saturated rings. The Balaban J connectivity index is 2.26. The number of methoxy groups -OCH3 is 1. The highest BCUT2D eigenvalue weighted by atomic mass is 35.5. The molecule has 1 unspecified atom stereocenters. The van der Waals surface area contributed by atoms with Gasteiger partial charge in [0, 0.05) is 9.92 Å². The summed E-state index contributed by atoms with van der Waals surface area (Å²) in [7, 11) is 0.0607. The molecule has 0 aliphatic carbocycles. The third-order valence-electron chi connectivity index (χ3n) is 2.77. The van der Waals surface area contributed by atoms with Crippen molar-refractivity contribution >= 4 is 28.4 Å². The monoisotopic (exact) mass is 308 g/mol. The fourth-order valence-electron chi connectivity index (χ4n) is 1.79. The Morgan fingerprint density at radius 3 is 2.65 bits per heavy atom. The van der Waals surface area contributed by atoms with Crippen molar-refractivity contribution in [3.05, 3.63) is 64.7 Å². The second kappa shape index (κ2) is 6.68. The first-order chi connectivity index (χ1) is 9.61. The van der Waals surface area contributed by atoms with Gasteiger partial charge in [-0.05, 0) is 29.8 Å². The Labute approximate surface area is 125 Å². The molecule has 0 saturated carbocycles. The number of carbonyl (C=O) groups excluding carboxylic acids is 1. The van der Waals surface area contributed by atoms with Gasteiger partial charge in [-0.15, -0.1) is 0 Å². The lowest BCUT2D eigenvalue weighted by molar-refractivity contribution is 0.0600. The number of benzene rings is 2. The van der Waals surface area contributed by atoms with Crippen LogP contribution in [-0.4, -0.2) is 17.3 Å². The summed E-state index contributed by atoms with van der Waals surface area (Å²) in [5.74, 6) is -0.185. The van der Waals surface area contributed by atoms with Crippen molar-refractivity contribution in [1.82, 2.24) is 0 Å². The smallest absolute Gasteiger partial charge is 0.338 e. The normalized spacial score (nSPS) is 11.9. The first-order valence-corrected chi connectivity index (χ1v) is 7.61. The number of rotatable bonds is 4. The van der Waals surface area contributed by atoms with E-state index in [2.05, 4.69) is 0 Å². The van der Waals surface area contributed by atoms with Gasteiger partial charge in [-0.1, -0.05) is 35.9 Å². The van der Waals surface area contributed by atoms with Crippen LogP contribution in [0.15, 0.2) is 53.4 Å². The first-order valence-electron chi connectivity index (χ1n) is 5.92. The van der Waals surface area contributed by atoms with Gasteiger partial charge in [-0.2, -0.15) is 0 Å². The topological polar surface area (TPSA) is 43.4 Å². The summed E-state index contributed by atoms with van der Waals surface area (Å²) in [4.78, 5) is 12.3. The average molecular weight is 309 g/mol. The van der Waals surface area contributed by atoms with Gasteiger partial charge in [-0.3, -0.25) is 4.21 Å². The highest BCUT2D eigenvalue weighted by Gasteiger charge is 2.14. The Morgan fingerprint density at radius 2 is 1.95 bits per heavy atom. The molecule has 0 spiro atoms. The molecule has 0 radical (unpaired) electrons. The molecule has 2 aromatic rings. The average Bonchev–Trinajstić information content (AvgIpc) is 2.47. The standard InChI is InChI=1S/C15H13ClO3S/c1-19-15(17)14-8-3-2-5-11(14)10-20(18)13-7-4-6-12(16)9-13/h2-9H,10H2,1H3. The lowest BCUT2D eigenvalue weighted by atomic mass is 10.1. The highest BCUT2D eigenvalue weighted by molar-refractivity contribution is 7.84. The van der Waals surface area contributed by atoms with Crippen LogP contribution in [-0.2, 0) is 21.3 Å². The van der Waals surface area contributed by atoms with Crippen LogP contribution in [0.3, 0.4) is 0 Å². The van der Waals surface area contributed by atoms with Crippen molar-refractivity contribution in [2.45, 2.75) is 10.6 Å². The van der Waals surface area contributed by atoms with Crippen molar-refractivity contribution in [1.29, 1.82) is 0 Å². The van der Waals surface area contributed by atoms with Gasteiger partial charge < -0.3 is 4.74 Å². The third-order valence-corrected chi connectivity index (χ3v) is 4.36. The first kappa shape index (κ1) is 14.8. The van der Waals surface area contributed by atoms with Crippen molar-refractivity contribution in [2.24, 2.45) is 0 Å². The van der Waals surface area contributed by atoms with Crippen molar-refractivity contribution in [3.63, 3.8) is 0 Å². The van der Waals surface area contributed by atoms with Crippen molar-refractivity contribution in [2.75, 3.05) is 7.11 Å². The molecule has 0 N–H and O–H groups in total. The molecule has 0 aliphatic rings. The molecule has 0 bridgehead atoms. The summed E-state index contributed by atoms with van der Waals surface area (Å²) in [5, 5.41) is 0.539. The minimum atomic E-state index is -1.27. The molecule has 1 atom stereocenters. The van der Waals surface area contributed by atoms with E-state index in [9.17, 15) is 9.00 Å². The Hall–Kier alpha value is -1.65. The second-order valence-corrected chi connectivity index (χ2v) is 5.98. The predicted octanol–water partition coefficient (Wildman–Crippen LogP) is 3.43. The lowest BCUT2D eigenvalue weighted by Crippen LogP contribution is -2.07. The molecule has 0 aromatic heterocycles. The molecule has 0 amide bonds. The minimum absolute atomic E-state index is 0.242. The van der Waals surface area contributed by atoms with E-state index in [4.69, 9.17) is 16.3 Å². The zero-order valence-electron chi connectivity index (χ0n) is 10.8. The summed E-state index contributed by atoms with van der Waals surface area (Å²) >= 11 is 5.89. The molecule has 2 rings (SSSR count). The number of halogens is 1. The summed E-state index contributed by atoms with van der Waals surface area (Å²) in [6.07, 6.45) is 0. The third kappa shape index (κ3) is 3.46. The molecule has 0 saturated heterocycles. The van der Waals surface area contributed by atoms with Crippen molar-refractivity contribution < 1.29 is 13.7 Å². The van der Waals surface area contributed by atoms with Gasteiger partial charge in [0.15, 0.2) is 0 Å². The Bertz CT molecular complexity index is 655. The summed E-state index contributed by atoms with van der Waals surface area (Å²) < 4.78 is 17.1. The van der Waals surface area contributed by atoms with Crippen LogP contribution >= 0.6 is 11.6 Å². The van der Waals surface area contributed by atoms with Gasteiger partial charge in [-0.25, -0.2) is 4.79 Å². The zero-order valence-corrected chi connectivity index (χ0v) is 12.4. The van der Waals surface area contributed by atoms with Crippen LogP contribution in [0.2, 0.25) is 5.02 Å². The zero-order chi connectivity index (χ0) is 14.5. The van der Waals surface area contributed by atoms with Crippen molar-refractivity contribution in [3.8, 4) is 0 Å².